The molecule has 1 N–H and O–H groups in total. The summed E-state index contributed by atoms with van der Waals surface area (Å²) in [4.78, 5) is 67.9. The Morgan fingerprint density at radius 2 is 1.84 bits per heavy atom. The number of pyridine rings is 1. The SMILES string of the molecule is CC[C@@H]1C[C@H](C)CC/C=C\[C@@H]2C[C@@]2(C(=O)NS(=O)(=O)C2(C)CC2)CC(=O)[C@@H]2C[C@@H](Oc3cc(-n4ccnc4)nc4cc(OC)ccc34)CN2C(=O)[C@H]1CC(=O)OC(C)(C)C(F)(F)F. The van der Waals surface area contributed by atoms with E-state index >= 15 is 4.79 Å². The van der Waals surface area contributed by atoms with Gasteiger partial charge in [0.1, 0.15) is 29.7 Å². The molecule has 4 aliphatic rings. The van der Waals surface area contributed by atoms with E-state index in [1.54, 1.807) is 54.5 Å². The van der Waals surface area contributed by atoms with Gasteiger partial charge < -0.3 is 19.1 Å². The minimum absolute atomic E-state index is 0.00901. The number of Topliss-reactive ketones (excluding diaryl/α,β-unsaturated/α-hetero) is 1. The van der Waals surface area contributed by atoms with Crippen molar-refractivity contribution in [1.29, 1.82) is 0 Å². The second-order valence-electron chi connectivity index (χ2n) is 18.6. The summed E-state index contributed by atoms with van der Waals surface area (Å²) in [5.41, 5.74) is -3.71. The zero-order valence-electron chi connectivity index (χ0n) is 36.4. The number of carbonyl (C=O) groups is 4. The number of esters is 1. The number of ketones is 1. The van der Waals surface area contributed by atoms with E-state index in [1.807, 2.05) is 26.0 Å². The lowest BCUT2D eigenvalue weighted by Crippen LogP contribution is -2.49. The fourth-order valence-electron chi connectivity index (χ4n) is 9.00. The highest BCUT2D eigenvalue weighted by Crippen LogP contribution is 2.58. The molecule has 2 amide bonds. The molecule has 0 radical (unpaired) electrons. The van der Waals surface area contributed by atoms with Crippen LogP contribution >= 0.6 is 0 Å². The Labute approximate surface area is 365 Å². The summed E-state index contributed by atoms with van der Waals surface area (Å²) in [6.07, 6.45) is 4.99. The lowest BCUT2D eigenvalue weighted by molar-refractivity contribution is -0.257. The number of benzene rings is 1. The first-order valence-electron chi connectivity index (χ1n) is 21.6. The van der Waals surface area contributed by atoms with Crippen molar-refractivity contribution in [1.82, 2.24) is 24.2 Å². The van der Waals surface area contributed by atoms with E-state index in [9.17, 15) is 36.0 Å². The molecule has 7 atom stereocenters. The Bertz CT molecular complexity index is 2380. The molecule has 1 saturated heterocycles. The number of sulfonamides is 1. The zero-order valence-corrected chi connectivity index (χ0v) is 37.3. The van der Waals surface area contributed by atoms with Gasteiger partial charge in [0.15, 0.2) is 5.78 Å². The second-order valence-corrected chi connectivity index (χ2v) is 20.8. The maximum absolute atomic E-state index is 15.2. The number of fused-ring (bicyclic) bond motifs is 3. The van der Waals surface area contributed by atoms with E-state index in [4.69, 9.17) is 19.2 Å². The predicted molar refractivity (Wildman–Crippen MR) is 225 cm³/mol. The first kappa shape index (κ1) is 46.0. The van der Waals surface area contributed by atoms with Crippen LogP contribution in [0.4, 0.5) is 13.2 Å². The van der Waals surface area contributed by atoms with Crippen LogP contribution in [-0.4, -0.2) is 93.7 Å². The van der Waals surface area contributed by atoms with Gasteiger partial charge in [-0.1, -0.05) is 32.4 Å². The van der Waals surface area contributed by atoms with Crippen LogP contribution < -0.4 is 14.2 Å². The lowest BCUT2D eigenvalue weighted by atomic mass is 9.79. The highest BCUT2D eigenvalue weighted by atomic mass is 32.2. The topological polar surface area (TPSA) is 176 Å². The molecule has 3 fully saturated rings. The molecular weight excluding hydrogens is 844 g/mol. The normalized spacial score (nSPS) is 28.2. The summed E-state index contributed by atoms with van der Waals surface area (Å²) in [7, 11) is -2.52. The van der Waals surface area contributed by atoms with Gasteiger partial charge in [-0.2, -0.15) is 13.2 Å². The van der Waals surface area contributed by atoms with E-state index < -0.39 is 91.8 Å². The van der Waals surface area contributed by atoms with Gasteiger partial charge >= 0.3 is 12.1 Å². The number of aromatic nitrogens is 3. The van der Waals surface area contributed by atoms with Crippen molar-refractivity contribution >= 4 is 44.5 Å². The number of rotatable bonds is 11. The molecule has 3 aromatic rings. The molecule has 14 nitrogen and oxygen atoms in total. The van der Waals surface area contributed by atoms with Crippen molar-refractivity contribution < 1.29 is 55.0 Å². The molecular formula is C45H56F3N5O9S. The third kappa shape index (κ3) is 9.46. The van der Waals surface area contributed by atoms with Crippen molar-refractivity contribution in [2.75, 3.05) is 13.7 Å². The fourth-order valence-corrected chi connectivity index (χ4v) is 10.3. The van der Waals surface area contributed by atoms with E-state index in [0.717, 1.165) is 13.8 Å². The van der Waals surface area contributed by atoms with Crippen molar-refractivity contribution in [3.05, 3.63) is 55.1 Å². The van der Waals surface area contributed by atoms with Crippen LogP contribution in [0.25, 0.3) is 16.7 Å². The molecule has 0 unspecified atom stereocenters. The van der Waals surface area contributed by atoms with Crippen molar-refractivity contribution in [3.8, 4) is 17.3 Å². The summed E-state index contributed by atoms with van der Waals surface area (Å²) in [6.45, 7) is 6.77. The first-order valence-corrected chi connectivity index (χ1v) is 23.1. The monoisotopic (exact) mass is 899 g/mol. The lowest BCUT2D eigenvalue weighted by Gasteiger charge is -2.34. The maximum Gasteiger partial charge on any atom is 0.427 e. The predicted octanol–water partition coefficient (Wildman–Crippen LogP) is 7.03. The highest BCUT2D eigenvalue weighted by Gasteiger charge is 2.63. The van der Waals surface area contributed by atoms with E-state index in [2.05, 4.69) is 9.71 Å². The summed E-state index contributed by atoms with van der Waals surface area (Å²) in [5.74, 6) is -3.80. The number of allylic oxidation sites excluding steroid dienone is 2. The van der Waals surface area contributed by atoms with Crippen LogP contribution in [0.1, 0.15) is 98.8 Å². The Balaban J connectivity index is 1.27. The molecule has 2 aliphatic heterocycles. The Kier molecular flexibility index (Phi) is 12.5. The number of hydrogen-bond donors (Lipinski definition) is 1. The number of ether oxygens (including phenoxy) is 3. The van der Waals surface area contributed by atoms with Crippen molar-refractivity contribution in [2.24, 2.45) is 29.1 Å². The number of halogens is 3. The molecule has 2 aromatic heterocycles. The number of nitrogens with zero attached hydrogens (tertiary/aromatic N) is 4. The number of hydrogen-bond acceptors (Lipinski definition) is 11. The van der Waals surface area contributed by atoms with Crippen LogP contribution in [0, 0.1) is 29.1 Å². The van der Waals surface area contributed by atoms with E-state index in [-0.39, 0.29) is 31.7 Å². The largest absolute Gasteiger partial charge is 0.497 e. The number of amides is 2. The fraction of sp³-hybridized carbons (Fsp3) is 0.600. The average Bonchev–Trinajstić information content (AvgIpc) is 3.97. The van der Waals surface area contributed by atoms with Gasteiger partial charge in [0.05, 0.1) is 47.7 Å². The number of imidazole rings is 1. The number of nitrogens with one attached hydrogen (secondary N) is 1. The Morgan fingerprint density at radius 3 is 2.49 bits per heavy atom. The smallest absolute Gasteiger partial charge is 0.427 e. The Hall–Kier alpha value is -5.00. The Morgan fingerprint density at radius 1 is 1.10 bits per heavy atom. The molecule has 1 aromatic carbocycles. The van der Waals surface area contributed by atoms with E-state index in [0.29, 0.717) is 66.7 Å². The molecule has 18 heteroatoms. The van der Waals surface area contributed by atoms with Gasteiger partial charge in [0.25, 0.3) is 0 Å². The van der Waals surface area contributed by atoms with Gasteiger partial charge in [-0.25, -0.2) is 18.4 Å². The molecule has 7 rings (SSSR count). The highest BCUT2D eigenvalue weighted by molar-refractivity contribution is 7.91. The van der Waals surface area contributed by atoms with E-state index in [1.165, 1.54) is 12.0 Å². The minimum Gasteiger partial charge on any atom is -0.497 e. The van der Waals surface area contributed by atoms with Gasteiger partial charge in [-0.05, 0) is 89.2 Å². The summed E-state index contributed by atoms with van der Waals surface area (Å²) >= 11 is 0. The van der Waals surface area contributed by atoms with Crippen LogP contribution in [0.3, 0.4) is 0 Å². The van der Waals surface area contributed by atoms with Gasteiger partial charge in [-0.3, -0.25) is 28.5 Å². The van der Waals surface area contributed by atoms with Gasteiger partial charge in [0, 0.05) is 42.8 Å². The quantitative estimate of drug-likeness (QED) is 0.154. The molecule has 342 valence electrons. The van der Waals surface area contributed by atoms with Gasteiger partial charge in [0.2, 0.25) is 27.4 Å². The van der Waals surface area contributed by atoms with Crippen molar-refractivity contribution in [3.63, 3.8) is 0 Å². The van der Waals surface area contributed by atoms with Crippen LogP contribution in [-0.2, 0) is 33.9 Å². The van der Waals surface area contributed by atoms with Crippen LogP contribution in [0.15, 0.2) is 55.1 Å². The summed E-state index contributed by atoms with van der Waals surface area (Å²) < 4.78 is 88.5. The second kappa shape index (κ2) is 17.2. The number of methoxy groups -OCH3 is 1. The maximum atomic E-state index is 15.2. The molecule has 63 heavy (non-hydrogen) atoms. The number of alkyl halides is 3. The van der Waals surface area contributed by atoms with Gasteiger partial charge in [-0.15, -0.1) is 0 Å². The zero-order chi connectivity index (χ0) is 45.7. The number of carbonyl (C=O) groups excluding carboxylic acids is 4. The molecule has 4 heterocycles. The molecule has 2 aliphatic carbocycles. The molecule has 2 saturated carbocycles. The molecule has 0 bridgehead atoms. The minimum atomic E-state index is -4.88. The summed E-state index contributed by atoms with van der Waals surface area (Å²) in [6, 6.07) is 5.76. The first-order chi connectivity index (χ1) is 29.6. The van der Waals surface area contributed by atoms with Crippen molar-refractivity contribution in [2.45, 2.75) is 127 Å². The molecule has 0 spiro atoms. The van der Waals surface area contributed by atoms with Crippen LogP contribution in [0.2, 0.25) is 0 Å². The standard InChI is InChI=1S/C45H56F3N5O9S/c1-7-28-18-27(2)10-8-9-11-29-23-44(29,41(57)51-63(58,59)43(5)14-15-43)24-36(54)35-20-31(25-53(35)40(56)33(28)21-39(55)62-42(3,4)45(46,47)48)61-37-22-38(52-17-16-49-26-52)50-34-19-30(60-6)12-13-32(34)37/h9,11-13,16-17,19,22,26-29,31,33,35H,7-8,10,14-15,18,20-21,23-25H2,1-6H3,(H,51,57)/b11-9-/t27-,28-,29-,31-,33+,35+,44-/m1/s1. The third-order valence-corrected chi connectivity index (χ3v) is 15.8. The van der Waals surface area contributed by atoms with Crippen LogP contribution in [0.5, 0.6) is 11.5 Å². The third-order valence-electron chi connectivity index (χ3n) is 13.6. The summed E-state index contributed by atoms with van der Waals surface area (Å²) in [5, 5.41) is 0.600. The average molecular weight is 900 g/mol.